The van der Waals surface area contributed by atoms with Gasteiger partial charge in [0.2, 0.25) is 0 Å². The third kappa shape index (κ3) is 13.2. The molecule has 0 saturated heterocycles. The Morgan fingerprint density at radius 1 is 0.878 bits per heavy atom. The molecule has 0 amide bonds. The highest BCUT2D eigenvalue weighted by atomic mass is 35.5. The SMILES string of the molecule is CCOC(=O)C[C@H](N)c1ccc(OC)c(F)c1.CCOC(=O)C[C@H](N[S@](=O)C(C)(C)C)c1ccc(OC)c(F)c1.Cl. The molecule has 232 valence electrons. The molecule has 0 spiro atoms. The second-order valence-electron chi connectivity index (χ2n) is 9.46. The topological polar surface area (TPSA) is 126 Å². The van der Waals surface area contributed by atoms with Crippen LogP contribution in [-0.4, -0.2) is 48.3 Å². The van der Waals surface area contributed by atoms with E-state index in [1.54, 1.807) is 26.0 Å². The zero-order valence-corrected chi connectivity index (χ0v) is 26.1. The van der Waals surface area contributed by atoms with Gasteiger partial charge < -0.3 is 24.7 Å². The highest BCUT2D eigenvalue weighted by Crippen LogP contribution is 2.26. The summed E-state index contributed by atoms with van der Waals surface area (Å²) >= 11 is 0. The summed E-state index contributed by atoms with van der Waals surface area (Å²) < 4.78 is 61.4. The lowest BCUT2D eigenvalue weighted by Crippen LogP contribution is -2.36. The normalized spacial score (nSPS) is 12.9. The first-order chi connectivity index (χ1) is 18.8. The molecule has 2 rings (SSSR count). The summed E-state index contributed by atoms with van der Waals surface area (Å²) in [5.74, 6) is -1.60. The third-order valence-corrected chi connectivity index (χ3v) is 6.97. The Labute approximate surface area is 249 Å². The van der Waals surface area contributed by atoms with E-state index in [1.807, 2.05) is 20.8 Å². The number of methoxy groups -OCH3 is 2. The fourth-order valence-corrected chi connectivity index (χ4v) is 4.08. The first-order valence-electron chi connectivity index (χ1n) is 12.7. The van der Waals surface area contributed by atoms with Gasteiger partial charge in [0.15, 0.2) is 23.1 Å². The molecule has 0 radical (unpaired) electrons. The molecule has 13 heteroatoms. The number of hydrogen-bond donors (Lipinski definition) is 2. The van der Waals surface area contributed by atoms with Crippen LogP contribution in [0.1, 0.15) is 70.7 Å². The zero-order valence-electron chi connectivity index (χ0n) is 24.5. The van der Waals surface area contributed by atoms with Crippen molar-refractivity contribution < 1.29 is 41.5 Å². The van der Waals surface area contributed by atoms with Crippen LogP contribution in [0, 0.1) is 11.6 Å². The van der Waals surface area contributed by atoms with E-state index in [-0.39, 0.29) is 43.4 Å². The van der Waals surface area contributed by atoms with E-state index in [0.717, 1.165) is 0 Å². The van der Waals surface area contributed by atoms with Crippen LogP contribution in [0.4, 0.5) is 8.78 Å². The molecule has 3 N–H and O–H groups in total. The molecule has 2 aromatic rings. The van der Waals surface area contributed by atoms with Crippen molar-refractivity contribution in [2.24, 2.45) is 5.73 Å². The predicted octanol–water partition coefficient (Wildman–Crippen LogP) is 5.09. The van der Waals surface area contributed by atoms with Gasteiger partial charge >= 0.3 is 11.9 Å². The van der Waals surface area contributed by atoms with E-state index in [9.17, 15) is 22.6 Å². The first kappa shape index (κ1) is 38.2. The number of benzene rings is 2. The van der Waals surface area contributed by atoms with Crippen molar-refractivity contribution in [3.8, 4) is 11.5 Å². The van der Waals surface area contributed by atoms with E-state index < -0.39 is 51.4 Å². The fourth-order valence-electron chi connectivity index (χ4n) is 3.25. The van der Waals surface area contributed by atoms with Crippen molar-refractivity contribution in [3.63, 3.8) is 0 Å². The summed E-state index contributed by atoms with van der Waals surface area (Å²) in [5, 5.41) is 0. The monoisotopic (exact) mass is 622 g/mol. The molecular formula is C28H41ClF2N2O7S. The molecule has 0 fully saturated rings. The fraction of sp³-hybridized carbons (Fsp3) is 0.500. The highest BCUT2D eigenvalue weighted by Gasteiger charge is 2.26. The molecule has 3 atom stereocenters. The van der Waals surface area contributed by atoms with Crippen LogP contribution in [0.5, 0.6) is 11.5 Å². The average Bonchev–Trinajstić information content (AvgIpc) is 2.88. The van der Waals surface area contributed by atoms with E-state index in [1.165, 1.54) is 38.5 Å². The minimum atomic E-state index is -1.41. The maximum absolute atomic E-state index is 13.9. The summed E-state index contributed by atoms with van der Waals surface area (Å²) in [5.41, 5.74) is 6.82. The van der Waals surface area contributed by atoms with Gasteiger partial charge in [0.1, 0.15) is 0 Å². The molecule has 0 aliphatic heterocycles. The van der Waals surface area contributed by atoms with Crippen molar-refractivity contribution in [2.45, 2.75) is 64.3 Å². The predicted molar refractivity (Wildman–Crippen MR) is 156 cm³/mol. The summed E-state index contributed by atoms with van der Waals surface area (Å²) in [6.07, 6.45) is -0.0129. The van der Waals surface area contributed by atoms with Crippen LogP contribution < -0.4 is 19.9 Å². The lowest BCUT2D eigenvalue weighted by molar-refractivity contribution is -0.144. The highest BCUT2D eigenvalue weighted by molar-refractivity contribution is 7.84. The van der Waals surface area contributed by atoms with Gasteiger partial charge in [-0.05, 0) is 70.0 Å². The molecule has 41 heavy (non-hydrogen) atoms. The van der Waals surface area contributed by atoms with Crippen molar-refractivity contribution in [1.82, 2.24) is 4.72 Å². The number of nitrogens with one attached hydrogen (secondary N) is 1. The van der Waals surface area contributed by atoms with Crippen molar-refractivity contribution in [2.75, 3.05) is 27.4 Å². The molecule has 0 aromatic heterocycles. The second kappa shape index (κ2) is 18.6. The number of esters is 2. The van der Waals surface area contributed by atoms with Crippen molar-refractivity contribution >= 4 is 35.3 Å². The number of ether oxygens (including phenoxy) is 4. The van der Waals surface area contributed by atoms with Gasteiger partial charge in [-0.15, -0.1) is 12.4 Å². The minimum Gasteiger partial charge on any atom is -0.494 e. The summed E-state index contributed by atoms with van der Waals surface area (Å²) in [6.45, 7) is 9.43. The molecule has 0 aliphatic carbocycles. The van der Waals surface area contributed by atoms with Gasteiger partial charge in [-0.3, -0.25) is 9.59 Å². The Morgan fingerprint density at radius 2 is 1.32 bits per heavy atom. The maximum Gasteiger partial charge on any atom is 0.307 e. The van der Waals surface area contributed by atoms with Crippen molar-refractivity contribution in [3.05, 3.63) is 59.2 Å². The van der Waals surface area contributed by atoms with E-state index in [0.29, 0.717) is 17.7 Å². The second-order valence-corrected chi connectivity index (χ2v) is 11.5. The number of hydrogen-bond acceptors (Lipinski definition) is 8. The molecule has 0 heterocycles. The van der Waals surface area contributed by atoms with Gasteiger partial charge in [0.05, 0.1) is 62.0 Å². The third-order valence-electron chi connectivity index (χ3n) is 5.36. The lowest BCUT2D eigenvalue weighted by atomic mass is 10.0. The maximum atomic E-state index is 13.9. The van der Waals surface area contributed by atoms with E-state index in [2.05, 4.69) is 4.72 Å². The van der Waals surface area contributed by atoms with Crippen LogP contribution in [-0.2, 0) is 30.0 Å². The summed E-state index contributed by atoms with van der Waals surface area (Å²) in [4.78, 5) is 23.0. The molecule has 9 nitrogen and oxygen atoms in total. The van der Waals surface area contributed by atoms with Gasteiger partial charge in [-0.1, -0.05) is 12.1 Å². The van der Waals surface area contributed by atoms with Gasteiger partial charge in [0.25, 0.3) is 0 Å². The van der Waals surface area contributed by atoms with E-state index >= 15 is 0 Å². The van der Waals surface area contributed by atoms with E-state index in [4.69, 9.17) is 24.7 Å². The standard InChI is InChI=1S/C16H24FNO4S.C12H16FNO3.ClH/c1-6-22-15(19)10-13(18-23(20)16(2,3)4)11-7-8-14(21-5)12(17)9-11;1-3-17-12(15)7-10(14)8-4-5-11(16-2)9(13)6-8;/h7-9,13,18H,6,10H2,1-5H3;4-6,10H,3,7,14H2,1-2H3;1H/t13-,23+;10-;/m00./s1. The average molecular weight is 623 g/mol. The number of halogens is 3. The van der Waals surface area contributed by atoms with Crippen LogP contribution in [0.2, 0.25) is 0 Å². The van der Waals surface area contributed by atoms with Crippen LogP contribution in [0.25, 0.3) is 0 Å². The van der Waals surface area contributed by atoms with Crippen molar-refractivity contribution in [1.29, 1.82) is 0 Å². The van der Waals surface area contributed by atoms with Gasteiger partial charge in [0, 0.05) is 6.04 Å². The number of rotatable bonds is 12. The smallest absolute Gasteiger partial charge is 0.307 e. The summed E-state index contributed by atoms with van der Waals surface area (Å²) in [6, 6.07) is 7.58. The molecular weight excluding hydrogens is 582 g/mol. The Bertz CT molecular complexity index is 1150. The molecule has 0 unspecified atom stereocenters. The number of carbonyl (C=O) groups excluding carboxylic acids is 2. The molecule has 0 saturated carbocycles. The Balaban J connectivity index is 0.000000794. The molecule has 0 aliphatic rings. The Kier molecular flexibility index (Phi) is 17.3. The zero-order chi connectivity index (χ0) is 30.5. The van der Waals surface area contributed by atoms with Gasteiger partial charge in [-0.2, -0.15) is 0 Å². The largest absolute Gasteiger partial charge is 0.494 e. The number of nitrogens with two attached hydrogens (primary N) is 1. The Morgan fingerprint density at radius 3 is 1.73 bits per heavy atom. The van der Waals surface area contributed by atoms with Gasteiger partial charge in [-0.25, -0.2) is 17.7 Å². The first-order valence-corrected chi connectivity index (χ1v) is 13.8. The van der Waals surface area contributed by atoms with Crippen LogP contribution in [0.3, 0.4) is 0 Å². The molecule has 0 bridgehead atoms. The summed E-state index contributed by atoms with van der Waals surface area (Å²) in [7, 11) is 1.35. The quantitative estimate of drug-likeness (QED) is 0.314. The lowest BCUT2D eigenvalue weighted by Gasteiger charge is -2.24. The van der Waals surface area contributed by atoms with Crippen LogP contribution in [0.15, 0.2) is 36.4 Å². The van der Waals surface area contributed by atoms with Crippen LogP contribution >= 0.6 is 12.4 Å². The number of carbonyl (C=O) groups is 2. The Hall–Kier alpha value is -2.80. The molecule has 2 aromatic carbocycles. The minimum absolute atomic E-state index is 0.